The maximum atomic E-state index is 13.4. The molecule has 0 unspecified atom stereocenters. The van der Waals surface area contributed by atoms with Crippen LogP contribution in [0.25, 0.3) is 11.0 Å². The number of benzene rings is 1. The van der Waals surface area contributed by atoms with Crippen molar-refractivity contribution in [3.63, 3.8) is 0 Å². The number of β-amino-alcohol motifs (C(OH)–C–C–N with tert-alkyl or cyclic N) is 1. The predicted molar refractivity (Wildman–Crippen MR) is 110 cm³/mol. The fourth-order valence-electron chi connectivity index (χ4n) is 3.57. The molecule has 0 radical (unpaired) electrons. The number of aromatic nitrogens is 3. The Labute approximate surface area is 184 Å². The molecule has 1 saturated heterocycles. The molecular formula is C20H17ClF3N5O3. The lowest BCUT2D eigenvalue weighted by Crippen LogP contribution is -2.52. The van der Waals surface area contributed by atoms with Gasteiger partial charge >= 0.3 is 12.1 Å². The third kappa shape index (κ3) is 4.45. The average Bonchev–Trinajstić information content (AvgIpc) is 2.71. The fourth-order valence-corrected chi connectivity index (χ4v) is 3.79. The lowest BCUT2D eigenvalue weighted by Gasteiger charge is -2.38. The summed E-state index contributed by atoms with van der Waals surface area (Å²) in [6.45, 7) is 1.02. The lowest BCUT2D eigenvalue weighted by molar-refractivity contribution is -0.137. The Kier molecular flexibility index (Phi) is 5.89. The molecule has 2 aromatic heterocycles. The standard InChI is InChI=1S/C20H17ClF3N5O3/c21-14-2-1-10(5-13(14)20(22,23)24)15(8-29-6-11(30)7-29)28-18-17-16(26-9-27-18)12(19(31)32)3-4-25-17/h1-5,9,11,15,30H,6-8H2,(H,31,32)(H,26,27,28)/t15-/m1/s1. The number of halogens is 4. The van der Waals surface area contributed by atoms with E-state index in [2.05, 4.69) is 20.3 Å². The zero-order valence-electron chi connectivity index (χ0n) is 16.3. The van der Waals surface area contributed by atoms with E-state index in [0.717, 1.165) is 12.4 Å². The van der Waals surface area contributed by atoms with Crippen LogP contribution >= 0.6 is 11.6 Å². The first-order chi connectivity index (χ1) is 15.1. The Hall–Kier alpha value is -3.02. The highest BCUT2D eigenvalue weighted by Gasteiger charge is 2.35. The maximum absolute atomic E-state index is 13.4. The summed E-state index contributed by atoms with van der Waals surface area (Å²) in [6.07, 6.45) is -2.67. The number of aliphatic hydroxyl groups is 1. The molecule has 0 amide bonds. The van der Waals surface area contributed by atoms with E-state index < -0.39 is 34.9 Å². The van der Waals surface area contributed by atoms with Crippen molar-refractivity contribution < 1.29 is 28.2 Å². The second-order valence-corrected chi connectivity index (χ2v) is 7.80. The molecule has 3 aromatic rings. The number of nitrogens with one attached hydrogen (secondary N) is 1. The molecule has 168 valence electrons. The predicted octanol–water partition coefficient (Wildman–Crippen LogP) is 3.22. The number of anilines is 1. The lowest BCUT2D eigenvalue weighted by atomic mass is 10.0. The first-order valence-corrected chi connectivity index (χ1v) is 9.88. The first-order valence-electron chi connectivity index (χ1n) is 9.50. The molecule has 1 aliphatic rings. The van der Waals surface area contributed by atoms with E-state index in [1.807, 2.05) is 4.90 Å². The van der Waals surface area contributed by atoms with Gasteiger partial charge in [0.15, 0.2) is 5.82 Å². The number of hydrogen-bond acceptors (Lipinski definition) is 7. The van der Waals surface area contributed by atoms with Crippen LogP contribution in [0.15, 0.2) is 36.8 Å². The summed E-state index contributed by atoms with van der Waals surface area (Å²) < 4.78 is 40.2. The number of aromatic carboxylic acids is 1. The van der Waals surface area contributed by atoms with Crippen molar-refractivity contribution in [3.8, 4) is 0 Å². The monoisotopic (exact) mass is 467 g/mol. The van der Waals surface area contributed by atoms with Crippen LogP contribution in [0.2, 0.25) is 5.02 Å². The number of carboxylic acids is 1. The minimum absolute atomic E-state index is 0.0753. The fraction of sp³-hybridized carbons (Fsp3) is 0.300. The summed E-state index contributed by atoms with van der Waals surface area (Å²) in [4.78, 5) is 25.7. The van der Waals surface area contributed by atoms with E-state index >= 15 is 0 Å². The molecule has 8 nitrogen and oxygen atoms in total. The van der Waals surface area contributed by atoms with E-state index in [9.17, 15) is 28.2 Å². The van der Waals surface area contributed by atoms with Gasteiger partial charge in [-0.05, 0) is 23.8 Å². The molecule has 1 aliphatic heterocycles. The number of pyridine rings is 1. The van der Waals surface area contributed by atoms with Crippen LogP contribution in [0.3, 0.4) is 0 Å². The number of nitrogens with zero attached hydrogens (tertiary/aromatic N) is 4. The van der Waals surface area contributed by atoms with Crippen LogP contribution < -0.4 is 5.32 Å². The van der Waals surface area contributed by atoms with Crippen LogP contribution in [0.5, 0.6) is 0 Å². The molecule has 12 heteroatoms. The van der Waals surface area contributed by atoms with Crippen LogP contribution in [0.1, 0.15) is 27.5 Å². The van der Waals surface area contributed by atoms with Gasteiger partial charge in [-0.3, -0.25) is 9.88 Å². The summed E-state index contributed by atoms with van der Waals surface area (Å²) in [7, 11) is 0. The smallest absolute Gasteiger partial charge is 0.417 e. The summed E-state index contributed by atoms with van der Waals surface area (Å²) in [5.74, 6) is -1.02. The van der Waals surface area contributed by atoms with E-state index in [1.54, 1.807) is 0 Å². The largest absolute Gasteiger partial charge is 0.478 e. The Morgan fingerprint density at radius 2 is 1.97 bits per heavy atom. The highest BCUT2D eigenvalue weighted by Crippen LogP contribution is 2.37. The number of carboxylic acid groups (broad SMARTS) is 1. The molecule has 1 atom stereocenters. The Morgan fingerprint density at radius 1 is 1.22 bits per heavy atom. The number of rotatable bonds is 6. The number of hydrogen-bond donors (Lipinski definition) is 3. The second kappa shape index (κ2) is 8.49. The van der Waals surface area contributed by atoms with Gasteiger partial charge in [0.2, 0.25) is 0 Å². The molecular weight excluding hydrogens is 451 g/mol. The Morgan fingerprint density at radius 3 is 2.62 bits per heavy atom. The molecule has 0 spiro atoms. The van der Waals surface area contributed by atoms with Gasteiger partial charge in [0.05, 0.1) is 28.3 Å². The van der Waals surface area contributed by atoms with Crippen molar-refractivity contribution in [2.45, 2.75) is 18.3 Å². The Bertz CT molecular complexity index is 1170. The number of alkyl halides is 3. The number of fused-ring (bicyclic) bond motifs is 1. The van der Waals surface area contributed by atoms with E-state index in [-0.39, 0.29) is 29.0 Å². The zero-order chi connectivity index (χ0) is 23.0. The van der Waals surface area contributed by atoms with E-state index in [4.69, 9.17) is 11.6 Å². The van der Waals surface area contributed by atoms with Gasteiger partial charge in [-0.1, -0.05) is 17.7 Å². The summed E-state index contributed by atoms with van der Waals surface area (Å²) in [5, 5.41) is 21.6. The van der Waals surface area contributed by atoms with Crippen molar-refractivity contribution in [2.24, 2.45) is 0 Å². The molecule has 1 fully saturated rings. The topological polar surface area (TPSA) is 111 Å². The van der Waals surface area contributed by atoms with Crippen molar-refractivity contribution in [1.29, 1.82) is 0 Å². The summed E-state index contributed by atoms with van der Waals surface area (Å²) in [5.41, 5.74) is -0.474. The third-order valence-corrected chi connectivity index (χ3v) is 5.47. The van der Waals surface area contributed by atoms with Gasteiger partial charge < -0.3 is 15.5 Å². The van der Waals surface area contributed by atoms with Crippen LogP contribution in [-0.2, 0) is 6.18 Å². The SMILES string of the molecule is O=C(O)c1ccnc2c(N[C@H](CN3CC(O)C3)c3ccc(Cl)c(C(F)(F)F)c3)ncnc12. The normalized spacial score (nSPS) is 16.0. The second-order valence-electron chi connectivity index (χ2n) is 7.39. The molecule has 32 heavy (non-hydrogen) atoms. The van der Waals surface area contributed by atoms with E-state index in [1.165, 1.54) is 24.4 Å². The number of carbonyl (C=O) groups is 1. The zero-order valence-corrected chi connectivity index (χ0v) is 17.1. The number of likely N-dealkylation sites (tertiary alicyclic amines) is 1. The van der Waals surface area contributed by atoms with Crippen LogP contribution in [-0.4, -0.2) is 61.8 Å². The van der Waals surface area contributed by atoms with Gasteiger partial charge in [-0.15, -0.1) is 0 Å². The average molecular weight is 468 g/mol. The Balaban J connectivity index is 1.74. The van der Waals surface area contributed by atoms with Crippen molar-refractivity contribution in [2.75, 3.05) is 25.0 Å². The van der Waals surface area contributed by atoms with Gasteiger partial charge in [-0.25, -0.2) is 14.8 Å². The van der Waals surface area contributed by atoms with Crippen molar-refractivity contribution in [1.82, 2.24) is 19.9 Å². The molecule has 3 N–H and O–H groups in total. The first kappa shape index (κ1) is 22.2. The minimum atomic E-state index is -4.63. The van der Waals surface area contributed by atoms with Crippen LogP contribution in [0.4, 0.5) is 19.0 Å². The van der Waals surface area contributed by atoms with E-state index in [0.29, 0.717) is 18.7 Å². The molecule has 3 heterocycles. The summed E-state index contributed by atoms with van der Waals surface area (Å²) >= 11 is 5.76. The third-order valence-electron chi connectivity index (χ3n) is 5.14. The van der Waals surface area contributed by atoms with Gasteiger partial charge in [0.25, 0.3) is 0 Å². The highest BCUT2D eigenvalue weighted by molar-refractivity contribution is 6.31. The molecule has 0 saturated carbocycles. The minimum Gasteiger partial charge on any atom is -0.478 e. The quantitative estimate of drug-likeness (QED) is 0.506. The summed E-state index contributed by atoms with van der Waals surface area (Å²) in [6, 6.07) is 4.24. The van der Waals surface area contributed by atoms with Crippen molar-refractivity contribution >= 4 is 34.4 Å². The molecule has 0 aliphatic carbocycles. The van der Waals surface area contributed by atoms with Gasteiger partial charge in [0, 0.05) is 25.8 Å². The van der Waals surface area contributed by atoms with Crippen molar-refractivity contribution in [3.05, 3.63) is 58.5 Å². The maximum Gasteiger partial charge on any atom is 0.417 e. The highest BCUT2D eigenvalue weighted by atomic mass is 35.5. The van der Waals surface area contributed by atoms with Gasteiger partial charge in [0.1, 0.15) is 17.4 Å². The molecule has 0 bridgehead atoms. The van der Waals surface area contributed by atoms with Gasteiger partial charge in [-0.2, -0.15) is 13.2 Å². The molecule has 4 rings (SSSR count). The molecule has 1 aromatic carbocycles. The number of aliphatic hydroxyl groups excluding tert-OH is 1. The van der Waals surface area contributed by atoms with Crippen LogP contribution in [0, 0.1) is 0 Å².